The molecule has 1 saturated heterocycles. The number of methoxy groups -OCH3 is 1. The lowest BCUT2D eigenvalue weighted by atomic mass is 10.1. The van der Waals surface area contributed by atoms with Gasteiger partial charge >= 0.3 is 0 Å². The zero-order valence-electron chi connectivity index (χ0n) is 14.5. The van der Waals surface area contributed by atoms with Gasteiger partial charge in [-0.2, -0.15) is 4.98 Å². The van der Waals surface area contributed by atoms with Crippen molar-refractivity contribution in [1.82, 2.24) is 10.1 Å². The third-order valence-electron chi connectivity index (χ3n) is 4.52. The summed E-state index contributed by atoms with van der Waals surface area (Å²) in [5.74, 6) is 1.79. The largest absolute Gasteiger partial charge is 0.496 e. The molecule has 1 fully saturated rings. The summed E-state index contributed by atoms with van der Waals surface area (Å²) >= 11 is 0. The maximum Gasteiger partial charge on any atom is 0.258 e. The summed E-state index contributed by atoms with van der Waals surface area (Å²) in [4.78, 5) is 18.4. The highest BCUT2D eigenvalue weighted by Gasteiger charge is 2.20. The maximum atomic E-state index is 12.0. The smallest absolute Gasteiger partial charge is 0.258 e. The number of ether oxygens (including phenoxy) is 1. The monoisotopic (exact) mass is 349 g/mol. The number of anilines is 1. The predicted molar refractivity (Wildman–Crippen MR) is 97.9 cm³/mol. The molecule has 132 valence electrons. The minimum atomic E-state index is 0.181. The molecule has 0 N–H and O–H groups in total. The Morgan fingerprint density at radius 2 is 1.88 bits per heavy atom. The van der Waals surface area contributed by atoms with Crippen LogP contribution in [0.5, 0.6) is 5.75 Å². The Morgan fingerprint density at radius 3 is 2.65 bits per heavy atom. The minimum absolute atomic E-state index is 0.181. The van der Waals surface area contributed by atoms with Crippen LogP contribution in [0, 0.1) is 0 Å². The summed E-state index contributed by atoms with van der Waals surface area (Å²) < 4.78 is 10.8. The Labute approximate surface area is 151 Å². The van der Waals surface area contributed by atoms with Gasteiger partial charge in [-0.25, -0.2) is 0 Å². The zero-order valence-corrected chi connectivity index (χ0v) is 14.5. The number of amides is 1. The highest BCUT2D eigenvalue weighted by molar-refractivity contribution is 5.94. The highest BCUT2D eigenvalue weighted by Crippen LogP contribution is 2.30. The molecule has 0 radical (unpaired) electrons. The number of hydrogen-bond donors (Lipinski definition) is 0. The van der Waals surface area contributed by atoms with E-state index in [4.69, 9.17) is 9.26 Å². The number of para-hydroxylation sites is 1. The molecule has 2 heterocycles. The van der Waals surface area contributed by atoms with Crippen LogP contribution in [0.3, 0.4) is 0 Å². The normalized spacial score (nSPS) is 14.5. The van der Waals surface area contributed by atoms with Crippen molar-refractivity contribution < 1.29 is 14.1 Å². The number of benzene rings is 2. The highest BCUT2D eigenvalue weighted by atomic mass is 16.5. The van der Waals surface area contributed by atoms with E-state index in [0.717, 1.165) is 36.2 Å². The first-order valence-electron chi connectivity index (χ1n) is 8.64. The third kappa shape index (κ3) is 3.06. The lowest BCUT2D eigenvalue weighted by molar-refractivity contribution is -0.119. The van der Waals surface area contributed by atoms with E-state index in [0.29, 0.717) is 23.9 Å². The van der Waals surface area contributed by atoms with Gasteiger partial charge in [0, 0.05) is 24.2 Å². The predicted octanol–water partition coefficient (Wildman–Crippen LogP) is 3.93. The van der Waals surface area contributed by atoms with Crippen molar-refractivity contribution in [3.05, 3.63) is 48.5 Å². The van der Waals surface area contributed by atoms with Crippen molar-refractivity contribution >= 4 is 11.6 Å². The van der Waals surface area contributed by atoms with Gasteiger partial charge in [0.2, 0.25) is 11.7 Å². The van der Waals surface area contributed by atoms with Gasteiger partial charge in [0.05, 0.1) is 12.7 Å². The molecule has 3 aromatic rings. The summed E-state index contributed by atoms with van der Waals surface area (Å²) in [5, 5.41) is 4.07. The van der Waals surface area contributed by atoms with E-state index in [1.807, 2.05) is 53.4 Å². The van der Waals surface area contributed by atoms with Crippen molar-refractivity contribution in [3.63, 3.8) is 0 Å². The maximum absolute atomic E-state index is 12.0. The van der Waals surface area contributed by atoms with E-state index in [2.05, 4.69) is 10.1 Å². The van der Waals surface area contributed by atoms with Gasteiger partial charge in [0.25, 0.3) is 5.89 Å². The minimum Gasteiger partial charge on any atom is -0.496 e. The first-order chi connectivity index (χ1) is 12.8. The van der Waals surface area contributed by atoms with E-state index in [9.17, 15) is 4.79 Å². The lowest BCUT2D eigenvalue weighted by Gasteiger charge is -2.26. The Balaban J connectivity index is 1.59. The molecule has 2 aromatic carbocycles. The summed E-state index contributed by atoms with van der Waals surface area (Å²) in [6.07, 6.45) is 2.63. The van der Waals surface area contributed by atoms with Crippen LogP contribution in [0.4, 0.5) is 5.69 Å². The van der Waals surface area contributed by atoms with E-state index in [1.54, 1.807) is 7.11 Å². The van der Waals surface area contributed by atoms with Gasteiger partial charge in [0.1, 0.15) is 5.75 Å². The van der Waals surface area contributed by atoms with Gasteiger partial charge in [-0.05, 0) is 49.2 Å². The second-order valence-electron chi connectivity index (χ2n) is 6.17. The average Bonchev–Trinajstić information content (AvgIpc) is 3.18. The number of aromatic nitrogens is 2. The topological polar surface area (TPSA) is 68.5 Å². The molecule has 6 heteroatoms. The molecule has 1 aliphatic rings. The van der Waals surface area contributed by atoms with Gasteiger partial charge in [-0.3, -0.25) is 4.79 Å². The summed E-state index contributed by atoms with van der Waals surface area (Å²) in [6.45, 7) is 0.774. The van der Waals surface area contributed by atoms with E-state index < -0.39 is 0 Å². The molecular formula is C20H19N3O3. The molecule has 4 rings (SSSR count). The average molecular weight is 349 g/mol. The fourth-order valence-electron chi connectivity index (χ4n) is 3.14. The van der Waals surface area contributed by atoms with Crippen molar-refractivity contribution in [2.24, 2.45) is 0 Å². The molecular weight excluding hydrogens is 330 g/mol. The fraction of sp³-hybridized carbons (Fsp3) is 0.250. The molecule has 1 aliphatic heterocycles. The molecule has 0 bridgehead atoms. The molecule has 1 amide bonds. The van der Waals surface area contributed by atoms with E-state index >= 15 is 0 Å². The summed E-state index contributed by atoms with van der Waals surface area (Å²) in [7, 11) is 1.61. The molecule has 6 nitrogen and oxygen atoms in total. The van der Waals surface area contributed by atoms with Crippen molar-refractivity contribution in [2.45, 2.75) is 19.3 Å². The number of nitrogens with zero attached hydrogens (tertiary/aromatic N) is 3. The molecule has 0 saturated carbocycles. The van der Waals surface area contributed by atoms with Crippen LogP contribution in [0.1, 0.15) is 19.3 Å². The molecule has 0 unspecified atom stereocenters. The van der Waals surface area contributed by atoms with Crippen LogP contribution in [-0.4, -0.2) is 29.7 Å². The van der Waals surface area contributed by atoms with Crippen LogP contribution >= 0.6 is 0 Å². The van der Waals surface area contributed by atoms with Crippen molar-refractivity contribution in [2.75, 3.05) is 18.6 Å². The van der Waals surface area contributed by atoms with Gasteiger partial charge in [0.15, 0.2) is 0 Å². The third-order valence-corrected chi connectivity index (χ3v) is 4.52. The Morgan fingerprint density at radius 1 is 1.08 bits per heavy atom. The quantitative estimate of drug-likeness (QED) is 0.714. The van der Waals surface area contributed by atoms with Crippen LogP contribution < -0.4 is 9.64 Å². The van der Waals surface area contributed by atoms with E-state index in [1.165, 1.54) is 0 Å². The van der Waals surface area contributed by atoms with E-state index in [-0.39, 0.29) is 5.91 Å². The standard InChI is InChI=1S/C20H19N3O3/c1-25-17-7-3-2-6-16(17)19-21-20(26-22-19)14-9-11-15(12-10-14)23-13-5-4-8-18(23)24/h2-3,6-7,9-12H,4-5,8,13H2,1H3. The molecule has 0 atom stereocenters. The Bertz CT molecular complexity index is 918. The van der Waals surface area contributed by atoms with Crippen LogP contribution in [0.15, 0.2) is 53.1 Å². The number of carbonyl (C=O) groups excluding carboxylic acids is 1. The van der Waals surface area contributed by atoms with Crippen molar-refractivity contribution in [1.29, 1.82) is 0 Å². The SMILES string of the molecule is COc1ccccc1-c1noc(-c2ccc(N3CCCCC3=O)cc2)n1. The van der Waals surface area contributed by atoms with Crippen molar-refractivity contribution in [3.8, 4) is 28.6 Å². The number of rotatable bonds is 4. The second kappa shape index (κ2) is 7.00. The van der Waals surface area contributed by atoms with Gasteiger partial charge in [-0.1, -0.05) is 17.3 Å². The Kier molecular flexibility index (Phi) is 4.39. The van der Waals surface area contributed by atoms with Crippen LogP contribution in [0.25, 0.3) is 22.8 Å². The number of piperidine rings is 1. The molecule has 0 spiro atoms. The molecule has 0 aliphatic carbocycles. The van der Waals surface area contributed by atoms with Gasteiger partial charge in [-0.15, -0.1) is 0 Å². The van der Waals surface area contributed by atoms with Crippen LogP contribution in [-0.2, 0) is 4.79 Å². The lowest BCUT2D eigenvalue weighted by Crippen LogP contribution is -2.35. The first kappa shape index (κ1) is 16.3. The number of carbonyl (C=O) groups is 1. The molecule has 1 aromatic heterocycles. The Hall–Kier alpha value is -3.15. The second-order valence-corrected chi connectivity index (χ2v) is 6.17. The fourth-order valence-corrected chi connectivity index (χ4v) is 3.14. The summed E-state index contributed by atoms with van der Waals surface area (Å²) in [6, 6.07) is 15.2. The van der Waals surface area contributed by atoms with Gasteiger partial charge < -0.3 is 14.2 Å². The molecule has 26 heavy (non-hydrogen) atoms. The summed E-state index contributed by atoms with van der Waals surface area (Å²) in [5.41, 5.74) is 2.50. The first-order valence-corrected chi connectivity index (χ1v) is 8.64. The van der Waals surface area contributed by atoms with Crippen LogP contribution in [0.2, 0.25) is 0 Å². The zero-order chi connectivity index (χ0) is 17.9. The number of hydrogen-bond acceptors (Lipinski definition) is 5.